The number of rotatable bonds is 2. The lowest BCUT2D eigenvalue weighted by molar-refractivity contribution is -0.121. The summed E-state index contributed by atoms with van der Waals surface area (Å²) >= 11 is 0. The van der Waals surface area contributed by atoms with Crippen molar-refractivity contribution < 1.29 is 4.79 Å². The van der Waals surface area contributed by atoms with Crippen LogP contribution >= 0.6 is 0 Å². The molecule has 0 amide bonds. The molecule has 0 unspecified atom stereocenters. The molecule has 2 aliphatic rings. The molecule has 1 heterocycles. The number of hydrogen-bond donors (Lipinski definition) is 0. The number of benzene rings is 1. The maximum atomic E-state index is 11.2. The van der Waals surface area contributed by atoms with E-state index in [9.17, 15) is 4.79 Å². The largest absolute Gasteiger partial charge is 0.300 e. The number of aryl methyl sites for hydroxylation is 1. The second-order valence-corrected chi connectivity index (χ2v) is 5.32. The first-order chi connectivity index (χ1) is 8.81. The summed E-state index contributed by atoms with van der Waals surface area (Å²) in [5.74, 6) is 0.425. The fourth-order valence-electron chi connectivity index (χ4n) is 2.86. The fraction of sp³-hybridized carbons (Fsp3) is 0.438. The number of Topliss-reactive ketones (excluding diaryl/α,β-unsaturated/α-hetero) is 1. The number of hydrogen-bond acceptors (Lipinski definition) is 2. The minimum atomic E-state index is 0.425. The predicted octanol–water partition coefficient (Wildman–Crippen LogP) is 2.68. The molecule has 3 rings (SSSR count). The lowest BCUT2D eigenvalue weighted by Crippen LogP contribution is -2.35. The third-order valence-electron chi connectivity index (χ3n) is 3.97. The molecule has 0 bridgehead atoms. The van der Waals surface area contributed by atoms with Crippen LogP contribution in [-0.4, -0.2) is 30.3 Å². The Morgan fingerprint density at radius 3 is 2.61 bits per heavy atom. The average molecular weight is 241 g/mol. The minimum absolute atomic E-state index is 0.425. The van der Waals surface area contributed by atoms with Crippen molar-refractivity contribution in [1.29, 1.82) is 0 Å². The van der Waals surface area contributed by atoms with E-state index in [1.165, 1.54) is 23.1 Å². The smallest absolute Gasteiger partial charge is 0.135 e. The second-order valence-electron chi connectivity index (χ2n) is 5.32. The highest BCUT2D eigenvalue weighted by molar-refractivity contribution is 5.79. The van der Waals surface area contributed by atoms with Crippen LogP contribution in [0.5, 0.6) is 0 Å². The van der Waals surface area contributed by atoms with Gasteiger partial charge >= 0.3 is 0 Å². The Kier molecular flexibility index (Phi) is 3.28. The lowest BCUT2D eigenvalue weighted by atomic mass is 9.92. The van der Waals surface area contributed by atoms with Gasteiger partial charge in [-0.2, -0.15) is 0 Å². The summed E-state index contributed by atoms with van der Waals surface area (Å²) in [5.41, 5.74) is 4.37. The number of carbonyl (C=O) groups excluding carboxylic acids is 1. The van der Waals surface area contributed by atoms with Crippen molar-refractivity contribution in [1.82, 2.24) is 4.90 Å². The number of nitrogens with zero attached hydrogens (tertiary/aromatic N) is 1. The van der Waals surface area contributed by atoms with Crippen molar-refractivity contribution in [2.75, 3.05) is 19.6 Å². The van der Waals surface area contributed by atoms with Crippen LogP contribution in [-0.2, 0) is 11.2 Å². The van der Waals surface area contributed by atoms with E-state index in [4.69, 9.17) is 0 Å². The summed E-state index contributed by atoms with van der Waals surface area (Å²) in [6.45, 7) is 2.93. The summed E-state index contributed by atoms with van der Waals surface area (Å²) < 4.78 is 0. The van der Waals surface area contributed by atoms with E-state index < -0.39 is 0 Å². The molecule has 18 heavy (non-hydrogen) atoms. The molecule has 94 valence electrons. The van der Waals surface area contributed by atoms with E-state index in [-0.39, 0.29) is 0 Å². The zero-order valence-corrected chi connectivity index (χ0v) is 10.7. The molecular formula is C16H19NO. The van der Waals surface area contributed by atoms with Crippen molar-refractivity contribution in [2.24, 2.45) is 0 Å². The summed E-state index contributed by atoms with van der Waals surface area (Å²) in [4.78, 5) is 13.6. The van der Waals surface area contributed by atoms with Crippen molar-refractivity contribution in [2.45, 2.75) is 25.7 Å². The van der Waals surface area contributed by atoms with E-state index >= 15 is 0 Å². The fourth-order valence-corrected chi connectivity index (χ4v) is 2.86. The zero-order chi connectivity index (χ0) is 12.4. The highest BCUT2D eigenvalue weighted by Crippen LogP contribution is 2.24. The van der Waals surface area contributed by atoms with Gasteiger partial charge in [0.1, 0.15) is 5.78 Å². The molecule has 0 saturated carbocycles. The van der Waals surface area contributed by atoms with Crippen LogP contribution in [0.4, 0.5) is 0 Å². The van der Waals surface area contributed by atoms with Crippen LogP contribution in [0.25, 0.3) is 6.08 Å². The standard InChI is InChI=1S/C16H19NO/c18-16-7-9-17(10-8-16)12-13-5-6-14-3-1-2-4-15(14)11-13/h1-4,11H,5-10,12H2. The molecule has 1 saturated heterocycles. The maximum absolute atomic E-state index is 11.2. The zero-order valence-electron chi connectivity index (χ0n) is 10.7. The summed E-state index contributed by atoms with van der Waals surface area (Å²) in [6, 6.07) is 8.65. The van der Waals surface area contributed by atoms with Crippen molar-refractivity contribution >= 4 is 11.9 Å². The Labute approximate surface area is 108 Å². The maximum Gasteiger partial charge on any atom is 0.135 e. The number of carbonyl (C=O) groups is 1. The average Bonchev–Trinajstić information content (AvgIpc) is 2.41. The Morgan fingerprint density at radius 1 is 1.00 bits per heavy atom. The molecule has 0 spiro atoms. The van der Waals surface area contributed by atoms with Crippen LogP contribution in [0, 0.1) is 0 Å². The monoisotopic (exact) mass is 241 g/mol. The van der Waals surface area contributed by atoms with Gasteiger partial charge in [-0.05, 0) is 24.0 Å². The predicted molar refractivity (Wildman–Crippen MR) is 73.4 cm³/mol. The van der Waals surface area contributed by atoms with Gasteiger partial charge < -0.3 is 0 Å². The molecule has 1 aliphatic carbocycles. The minimum Gasteiger partial charge on any atom is -0.300 e. The topological polar surface area (TPSA) is 20.3 Å². The van der Waals surface area contributed by atoms with Gasteiger partial charge in [0.25, 0.3) is 0 Å². The van der Waals surface area contributed by atoms with Crippen LogP contribution in [0.15, 0.2) is 29.8 Å². The van der Waals surface area contributed by atoms with Crippen molar-refractivity contribution in [3.63, 3.8) is 0 Å². The molecule has 0 atom stereocenters. The van der Waals surface area contributed by atoms with Crippen LogP contribution < -0.4 is 0 Å². The lowest BCUT2D eigenvalue weighted by Gasteiger charge is -2.28. The summed E-state index contributed by atoms with van der Waals surface area (Å²) in [7, 11) is 0. The van der Waals surface area contributed by atoms with Gasteiger partial charge in [0.2, 0.25) is 0 Å². The van der Waals surface area contributed by atoms with E-state index in [1.807, 2.05) is 0 Å². The highest BCUT2D eigenvalue weighted by Gasteiger charge is 2.18. The Hall–Kier alpha value is -1.41. The van der Waals surface area contributed by atoms with Crippen molar-refractivity contribution in [3.05, 3.63) is 41.0 Å². The van der Waals surface area contributed by atoms with Crippen LogP contribution in [0.2, 0.25) is 0 Å². The molecule has 1 aromatic rings. The first-order valence-corrected chi connectivity index (χ1v) is 6.83. The van der Waals surface area contributed by atoms with Gasteiger partial charge in [-0.1, -0.05) is 35.9 Å². The third kappa shape index (κ3) is 2.54. The van der Waals surface area contributed by atoms with E-state index in [0.717, 1.165) is 38.9 Å². The molecule has 2 nitrogen and oxygen atoms in total. The second kappa shape index (κ2) is 5.07. The normalized spacial score (nSPS) is 20.4. The summed E-state index contributed by atoms with van der Waals surface area (Å²) in [5, 5.41) is 0. The Bertz CT molecular complexity index is 480. The summed E-state index contributed by atoms with van der Waals surface area (Å²) in [6.07, 6.45) is 6.15. The molecular weight excluding hydrogens is 222 g/mol. The van der Waals surface area contributed by atoms with Gasteiger partial charge in [-0.25, -0.2) is 0 Å². The first kappa shape index (κ1) is 11.7. The molecule has 0 aromatic heterocycles. The molecule has 1 fully saturated rings. The van der Waals surface area contributed by atoms with Crippen LogP contribution in [0.1, 0.15) is 30.4 Å². The molecule has 1 aromatic carbocycles. The SMILES string of the molecule is O=C1CCN(CC2=Cc3ccccc3CC2)CC1. The quantitative estimate of drug-likeness (QED) is 0.793. The number of fused-ring (bicyclic) bond motifs is 1. The van der Waals surface area contributed by atoms with Gasteiger partial charge in [0.15, 0.2) is 0 Å². The number of likely N-dealkylation sites (tertiary alicyclic amines) is 1. The van der Waals surface area contributed by atoms with Crippen molar-refractivity contribution in [3.8, 4) is 0 Å². The molecule has 1 aliphatic heterocycles. The number of ketones is 1. The highest BCUT2D eigenvalue weighted by atomic mass is 16.1. The number of piperidine rings is 1. The first-order valence-electron chi connectivity index (χ1n) is 6.83. The van der Waals surface area contributed by atoms with Gasteiger partial charge in [0, 0.05) is 32.5 Å². The molecule has 0 N–H and O–H groups in total. The molecule has 0 radical (unpaired) electrons. The van der Waals surface area contributed by atoms with Gasteiger partial charge in [-0.15, -0.1) is 0 Å². The molecule has 2 heteroatoms. The van der Waals surface area contributed by atoms with E-state index in [1.54, 1.807) is 0 Å². The Balaban J connectivity index is 1.68. The van der Waals surface area contributed by atoms with Gasteiger partial charge in [0.05, 0.1) is 0 Å². The van der Waals surface area contributed by atoms with Gasteiger partial charge in [-0.3, -0.25) is 9.69 Å². The van der Waals surface area contributed by atoms with E-state index in [0.29, 0.717) is 5.78 Å². The van der Waals surface area contributed by atoms with E-state index in [2.05, 4.69) is 35.2 Å². The third-order valence-corrected chi connectivity index (χ3v) is 3.97. The van der Waals surface area contributed by atoms with Crippen LogP contribution in [0.3, 0.4) is 0 Å². The Morgan fingerprint density at radius 2 is 1.78 bits per heavy atom.